The molecule has 0 fully saturated rings. The molecule has 8 nitrogen and oxygen atoms in total. The van der Waals surface area contributed by atoms with Gasteiger partial charge in [0.2, 0.25) is 0 Å². The van der Waals surface area contributed by atoms with E-state index in [2.05, 4.69) is 15.3 Å². The highest BCUT2D eigenvalue weighted by molar-refractivity contribution is 6.17. The number of hydrogen-bond donors (Lipinski definition) is 1. The van der Waals surface area contributed by atoms with E-state index in [1.165, 1.54) is 0 Å². The van der Waals surface area contributed by atoms with Crippen molar-refractivity contribution in [1.29, 1.82) is 0 Å². The largest absolute Gasteiger partial charge is 0.383 e. The summed E-state index contributed by atoms with van der Waals surface area (Å²) < 4.78 is 3.61. The maximum atomic E-state index is 6.17. The van der Waals surface area contributed by atoms with Gasteiger partial charge in [-0.25, -0.2) is 19.6 Å². The molecule has 0 spiro atoms. The Hall–Kier alpha value is -3.78. The average Bonchev–Trinajstić information content (AvgIpc) is 3.37. The molecule has 4 heterocycles. The summed E-state index contributed by atoms with van der Waals surface area (Å²) in [6, 6.07) is 15.4. The van der Waals surface area contributed by atoms with Gasteiger partial charge in [0, 0.05) is 17.8 Å². The second-order valence-corrected chi connectivity index (χ2v) is 7.09. The molecule has 0 aliphatic heterocycles. The van der Waals surface area contributed by atoms with Gasteiger partial charge < -0.3 is 5.73 Å². The Labute approximate surface area is 177 Å². The molecule has 0 saturated carbocycles. The van der Waals surface area contributed by atoms with E-state index in [1.807, 2.05) is 66.2 Å². The molecular weight excluding hydrogens is 400 g/mol. The number of aromatic nitrogens is 7. The van der Waals surface area contributed by atoms with Crippen molar-refractivity contribution < 1.29 is 0 Å². The molecule has 9 heteroatoms. The fourth-order valence-electron chi connectivity index (χ4n) is 3.30. The average molecular weight is 417 g/mol. The van der Waals surface area contributed by atoms with Crippen molar-refractivity contribution in [3.05, 3.63) is 72.2 Å². The molecule has 1 aromatic carbocycles. The van der Waals surface area contributed by atoms with Gasteiger partial charge >= 0.3 is 0 Å². The number of fused-ring (bicyclic) bond motifs is 1. The van der Waals surface area contributed by atoms with Crippen molar-refractivity contribution in [2.24, 2.45) is 0 Å². The lowest BCUT2D eigenvalue weighted by Crippen LogP contribution is -2.04. The summed E-state index contributed by atoms with van der Waals surface area (Å²) >= 11 is 5.97. The molecule has 0 aliphatic rings. The second-order valence-electron chi connectivity index (χ2n) is 6.82. The number of halogens is 1. The lowest BCUT2D eigenvalue weighted by atomic mass is 10.2. The number of anilines is 1. The number of aryl methyl sites for hydroxylation is 1. The second kappa shape index (κ2) is 7.23. The molecule has 4 aromatic heterocycles. The van der Waals surface area contributed by atoms with E-state index < -0.39 is 0 Å². The minimum atomic E-state index is 0.401. The number of nitrogens with two attached hydrogens (primary N) is 1. The summed E-state index contributed by atoms with van der Waals surface area (Å²) in [6.45, 7) is 1.88. The number of rotatable bonds is 4. The molecule has 2 N–H and O–H groups in total. The lowest BCUT2D eigenvalue weighted by molar-refractivity contribution is 0.781. The van der Waals surface area contributed by atoms with Crippen LogP contribution in [0.3, 0.4) is 0 Å². The third-order valence-corrected chi connectivity index (χ3v) is 5.07. The van der Waals surface area contributed by atoms with Crippen LogP contribution in [0.1, 0.15) is 11.3 Å². The van der Waals surface area contributed by atoms with E-state index in [0.29, 0.717) is 29.0 Å². The molecule has 0 radical (unpaired) electrons. The van der Waals surface area contributed by atoms with Gasteiger partial charge in [0.25, 0.3) is 0 Å². The maximum Gasteiger partial charge on any atom is 0.167 e. The number of benzene rings is 1. The van der Waals surface area contributed by atoms with Gasteiger partial charge in [-0.15, -0.1) is 16.7 Å². The zero-order chi connectivity index (χ0) is 20.7. The van der Waals surface area contributed by atoms with Crippen LogP contribution in [0.2, 0.25) is 0 Å². The van der Waals surface area contributed by atoms with Gasteiger partial charge in [-0.1, -0.05) is 17.3 Å². The number of pyridine rings is 2. The van der Waals surface area contributed by atoms with Gasteiger partial charge in [0.1, 0.15) is 11.3 Å². The zero-order valence-corrected chi connectivity index (χ0v) is 16.8. The van der Waals surface area contributed by atoms with E-state index in [-0.39, 0.29) is 0 Å². The van der Waals surface area contributed by atoms with Gasteiger partial charge in [-0.3, -0.25) is 4.57 Å². The molecule has 0 bridgehead atoms. The molecule has 0 atom stereocenters. The molecule has 30 heavy (non-hydrogen) atoms. The molecule has 5 aromatic rings. The fraction of sp³-hybridized carbons (Fsp3) is 0.0952. The van der Waals surface area contributed by atoms with Crippen LogP contribution < -0.4 is 5.73 Å². The highest BCUT2D eigenvalue weighted by atomic mass is 35.5. The molecular formula is C21H17ClN8. The Bertz CT molecular complexity index is 1350. The van der Waals surface area contributed by atoms with Crippen LogP contribution in [0.15, 0.2) is 60.9 Å². The first-order chi connectivity index (χ1) is 14.6. The fourth-order valence-corrected chi connectivity index (χ4v) is 3.48. The van der Waals surface area contributed by atoms with Crippen molar-refractivity contribution >= 4 is 28.6 Å². The smallest absolute Gasteiger partial charge is 0.167 e. The molecule has 0 saturated heterocycles. The summed E-state index contributed by atoms with van der Waals surface area (Å²) in [5.41, 5.74) is 11.0. The lowest BCUT2D eigenvalue weighted by Gasteiger charge is -2.11. The van der Waals surface area contributed by atoms with E-state index in [0.717, 1.165) is 28.0 Å². The minimum Gasteiger partial charge on any atom is -0.383 e. The van der Waals surface area contributed by atoms with Gasteiger partial charge in [-0.2, -0.15) is 0 Å². The summed E-state index contributed by atoms with van der Waals surface area (Å²) in [4.78, 5) is 13.9. The Morgan fingerprint density at radius 3 is 2.57 bits per heavy atom. The van der Waals surface area contributed by atoms with Crippen LogP contribution in [-0.4, -0.2) is 34.5 Å². The standard InChI is InChI=1S/C21H17ClN8/c1-13-12-29(28-27-13)18-9-8-17-21(26-18)30(15-6-4-14(11-22)5-7-15)20(25-17)16-3-2-10-24-19(16)23/h2-10,12H,11H2,1H3,(H2,23,24). The normalized spacial score (nSPS) is 11.3. The first-order valence-corrected chi connectivity index (χ1v) is 9.82. The molecule has 148 valence electrons. The van der Waals surface area contributed by atoms with Crippen LogP contribution in [0.4, 0.5) is 5.82 Å². The third kappa shape index (κ3) is 3.07. The van der Waals surface area contributed by atoms with Crippen molar-refractivity contribution in [3.63, 3.8) is 0 Å². The minimum absolute atomic E-state index is 0.401. The zero-order valence-electron chi connectivity index (χ0n) is 16.1. The van der Waals surface area contributed by atoms with Gasteiger partial charge in [-0.05, 0) is 48.9 Å². The number of nitrogen functional groups attached to an aromatic ring is 1. The summed E-state index contributed by atoms with van der Waals surface area (Å²) in [5, 5.41) is 8.18. The van der Waals surface area contributed by atoms with Crippen molar-refractivity contribution in [2.75, 3.05) is 5.73 Å². The first-order valence-electron chi connectivity index (χ1n) is 9.29. The number of hydrogen-bond acceptors (Lipinski definition) is 6. The number of imidazole rings is 1. The van der Waals surface area contributed by atoms with Crippen LogP contribution in [-0.2, 0) is 5.88 Å². The quantitative estimate of drug-likeness (QED) is 0.448. The van der Waals surface area contributed by atoms with Gasteiger partial charge in [0.15, 0.2) is 17.3 Å². The predicted molar refractivity (Wildman–Crippen MR) is 116 cm³/mol. The number of nitrogens with zero attached hydrogens (tertiary/aromatic N) is 7. The molecule has 0 unspecified atom stereocenters. The van der Waals surface area contributed by atoms with E-state index >= 15 is 0 Å². The van der Waals surface area contributed by atoms with Crippen molar-refractivity contribution in [2.45, 2.75) is 12.8 Å². The van der Waals surface area contributed by atoms with Crippen LogP contribution in [0, 0.1) is 6.92 Å². The Balaban J connectivity index is 1.79. The maximum absolute atomic E-state index is 6.17. The van der Waals surface area contributed by atoms with E-state index in [1.54, 1.807) is 10.9 Å². The highest BCUT2D eigenvalue weighted by Crippen LogP contribution is 2.30. The van der Waals surface area contributed by atoms with E-state index in [9.17, 15) is 0 Å². The van der Waals surface area contributed by atoms with Crippen LogP contribution >= 0.6 is 11.6 Å². The number of alkyl halides is 1. The SMILES string of the molecule is Cc1cn(-c2ccc3nc(-c4cccnc4N)n(-c4ccc(CCl)cc4)c3n2)nn1. The molecule has 0 amide bonds. The molecule has 5 rings (SSSR count). The summed E-state index contributed by atoms with van der Waals surface area (Å²) in [6.07, 6.45) is 3.48. The third-order valence-electron chi connectivity index (χ3n) is 4.76. The Morgan fingerprint density at radius 2 is 1.87 bits per heavy atom. The molecule has 0 aliphatic carbocycles. The van der Waals surface area contributed by atoms with Crippen molar-refractivity contribution in [1.82, 2.24) is 34.5 Å². The summed E-state index contributed by atoms with van der Waals surface area (Å²) in [5.74, 6) is 2.15. The van der Waals surface area contributed by atoms with Gasteiger partial charge in [0.05, 0.1) is 17.5 Å². The Kier molecular flexibility index (Phi) is 4.40. The predicted octanol–water partition coefficient (Wildman–Crippen LogP) is 3.69. The monoisotopic (exact) mass is 416 g/mol. The summed E-state index contributed by atoms with van der Waals surface area (Å²) in [7, 11) is 0. The van der Waals surface area contributed by atoms with Crippen LogP contribution in [0.25, 0.3) is 34.1 Å². The van der Waals surface area contributed by atoms with Crippen LogP contribution in [0.5, 0.6) is 0 Å². The Morgan fingerprint density at radius 1 is 1.03 bits per heavy atom. The van der Waals surface area contributed by atoms with Crippen molar-refractivity contribution in [3.8, 4) is 22.9 Å². The topological polar surface area (TPSA) is 100 Å². The van der Waals surface area contributed by atoms with E-state index in [4.69, 9.17) is 27.3 Å². The first kappa shape index (κ1) is 18.3. The highest BCUT2D eigenvalue weighted by Gasteiger charge is 2.18.